The molecule has 0 aliphatic carbocycles. The fraction of sp³-hybridized carbons (Fsp3) is 0.333. The molecule has 0 saturated heterocycles. The van der Waals surface area contributed by atoms with Crippen molar-refractivity contribution < 1.29 is 9.53 Å². The maximum Gasteiger partial charge on any atom is 0.330 e. The Kier molecular flexibility index (Phi) is 3.72. The van der Waals surface area contributed by atoms with Crippen LogP contribution in [0.4, 0.5) is 0 Å². The first-order chi connectivity index (χ1) is 6.72. The molecule has 1 aromatic heterocycles. The zero-order chi connectivity index (χ0) is 10.4. The van der Waals surface area contributed by atoms with E-state index < -0.39 is 5.97 Å². The van der Waals surface area contributed by atoms with E-state index in [0.717, 1.165) is 6.08 Å². The first kappa shape index (κ1) is 10.3. The normalized spacial score (nSPS) is 9.50. The van der Waals surface area contributed by atoms with Crippen LogP contribution < -0.4 is 0 Å². The molecule has 0 aliphatic heterocycles. The van der Waals surface area contributed by atoms with Crippen molar-refractivity contribution in [1.82, 2.24) is 15.0 Å². The van der Waals surface area contributed by atoms with Crippen LogP contribution in [-0.2, 0) is 16.0 Å². The van der Waals surface area contributed by atoms with Crippen molar-refractivity contribution in [3.05, 3.63) is 30.6 Å². The van der Waals surface area contributed by atoms with Gasteiger partial charge in [0, 0.05) is 12.5 Å². The van der Waals surface area contributed by atoms with Crippen molar-refractivity contribution in [1.29, 1.82) is 0 Å². The van der Waals surface area contributed by atoms with Crippen LogP contribution in [0.1, 0.15) is 11.6 Å². The summed E-state index contributed by atoms with van der Waals surface area (Å²) in [4.78, 5) is 22.5. The molecule has 1 heterocycles. The van der Waals surface area contributed by atoms with Gasteiger partial charge in [-0.1, -0.05) is 6.58 Å². The Bertz CT molecular complexity index is 339. The lowest BCUT2D eigenvalue weighted by atomic mass is 10.4. The summed E-state index contributed by atoms with van der Waals surface area (Å²) < 4.78 is 4.78. The van der Waals surface area contributed by atoms with Gasteiger partial charge in [0.15, 0.2) is 0 Å². The van der Waals surface area contributed by atoms with Crippen LogP contribution in [0.5, 0.6) is 0 Å². The number of ether oxygens (including phenoxy) is 1. The molecule has 1 aromatic rings. The van der Waals surface area contributed by atoms with Crippen molar-refractivity contribution in [2.75, 3.05) is 6.61 Å². The number of aromatic nitrogens is 3. The number of carbonyl (C=O) groups excluding carboxylic acids is 1. The summed E-state index contributed by atoms with van der Waals surface area (Å²) in [7, 11) is 0. The first-order valence-corrected chi connectivity index (χ1v) is 4.16. The van der Waals surface area contributed by atoms with Gasteiger partial charge in [-0.25, -0.2) is 19.7 Å². The number of rotatable bonds is 4. The third-order valence-electron chi connectivity index (χ3n) is 1.48. The second-order valence-corrected chi connectivity index (χ2v) is 2.57. The van der Waals surface area contributed by atoms with Gasteiger partial charge in [-0.3, -0.25) is 0 Å². The van der Waals surface area contributed by atoms with Crippen LogP contribution in [0, 0.1) is 6.92 Å². The summed E-state index contributed by atoms with van der Waals surface area (Å²) in [5.41, 5.74) is 0. The Morgan fingerprint density at radius 1 is 1.64 bits per heavy atom. The minimum absolute atomic E-state index is 0.258. The third-order valence-corrected chi connectivity index (χ3v) is 1.48. The quantitative estimate of drug-likeness (QED) is 0.513. The van der Waals surface area contributed by atoms with Gasteiger partial charge in [0.05, 0.1) is 6.61 Å². The Morgan fingerprint density at radius 2 is 2.43 bits per heavy atom. The molecule has 0 aliphatic rings. The van der Waals surface area contributed by atoms with Gasteiger partial charge in [0.1, 0.15) is 18.0 Å². The molecule has 0 N–H and O–H groups in total. The lowest BCUT2D eigenvalue weighted by Crippen LogP contribution is -2.07. The number of esters is 1. The Morgan fingerprint density at radius 3 is 3.07 bits per heavy atom. The molecule has 0 radical (unpaired) electrons. The van der Waals surface area contributed by atoms with Gasteiger partial charge in [0.2, 0.25) is 0 Å². The highest BCUT2D eigenvalue weighted by Crippen LogP contribution is 1.92. The predicted octanol–water partition coefficient (Wildman–Crippen LogP) is 0.452. The van der Waals surface area contributed by atoms with Gasteiger partial charge in [0.25, 0.3) is 0 Å². The fourth-order valence-electron chi connectivity index (χ4n) is 0.846. The summed E-state index contributed by atoms with van der Waals surface area (Å²) in [5, 5.41) is 0. The van der Waals surface area contributed by atoms with Crippen molar-refractivity contribution in [3.63, 3.8) is 0 Å². The number of hydrogen-bond donors (Lipinski definition) is 0. The van der Waals surface area contributed by atoms with Crippen LogP contribution in [0.25, 0.3) is 0 Å². The van der Waals surface area contributed by atoms with Crippen molar-refractivity contribution >= 4 is 5.97 Å². The minimum atomic E-state index is -0.434. The zero-order valence-corrected chi connectivity index (χ0v) is 7.93. The van der Waals surface area contributed by atoms with E-state index in [-0.39, 0.29) is 6.61 Å². The molecule has 0 amide bonds. The zero-order valence-electron chi connectivity index (χ0n) is 7.93. The van der Waals surface area contributed by atoms with Gasteiger partial charge >= 0.3 is 5.97 Å². The van der Waals surface area contributed by atoms with E-state index in [4.69, 9.17) is 4.74 Å². The Labute approximate surface area is 81.9 Å². The molecule has 5 heteroatoms. The molecule has 0 bridgehead atoms. The second kappa shape index (κ2) is 5.06. The molecule has 74 valence electrons. The van der Waals surface area contributed by atoms with E-state index >= 15 is 0 Å². The third kappa shape index (κ3) is 3.30. The number of carbonyl (C=O) groups is 1. The SMILES string of the molecule is C=CC(=O)OCCc1ncnc(C)n1. The Hall–Kier alpha value is -1.78. The second-order valence-electron chi connectivity index (χ2n) is 2.57. The highest BCUT2D eigenvalue weighted by atomic mass is 16.5. The lowest BCUT2D eigenvalue weighted by molar-refractivity contribution is -0.137. The Balaban J connectivity index is 2.38. The largest absolute Gasteiger partial charge is 0.462 e. The molecule has 0 spiro atoms. The summed E-state index contributed by atoms with van der Waals surface area (Å²) in [5.74, 6) is 0.843. The number of nitrogens with zero attached hydrogens (tertiary/aromatic N) is 3. The molecular formula is C9H11N3O2. The molecule has 5 nitrogen and oxygen atoms in total. The maximum absolute atomic E-state index is 10.7. The summed E-state index contributed by atoms with van der Waals surface area (Å²) in [6, 6.07) is 0. The van der Waals surface area contributed by atoms with E-state index in [0.29, 0.717) is 18.1 Å². The molecule has 0 saturated carbocycles. The lowest BCUT2D eigenvalue weighted by Gasteiger charge is -2.00. The van der Waals surface area contributed by atoms with Crippen LogP contribution in [0.15, 0.2) is 19.0 Å². The highest BCUT2D eigenvalue weighted by Gasteiger charge is 1.99. The van der Waals surface area contributed by atoms with Gasteiger partial charge in [-0.2, -0.15) is 0 Å². The van der Waals surface area contributed by atoms with Crippen molar-refractivity contribution in [3.8, 4) is 0 Å². The van der Waals surface area contributed by atoms with Crippen LogP contribution in [0.2, 0.25) is 0 Å². The topological polar surface area (TPSA) is 65.0 Å². The van der Waals surface area contributed by atoms with Crippen LogP contribution >= 0.6 is 0 Å². The predicted molar refractivity (Wildman–Crippen MR) is 49.4 cm³/mol. The van der Waals surface area contributed by atoms with Gasteiger partial charge in [-0.15, -0.1) is 0 Å². The molecule has 0 fully saturated rings. The fourth-order valence-corrected chi connectivity index (χ4v) is 0.846. The molecule has 0 unspecified atom stereocenters. The molecular weight excluding hydrogens is 182 g/mol. The van der Waals surface area contributed by atoms with E-state index in [1.165, 1.54) is 6.33 Å². The summed E-state index contributed by atoms with van der Waals surface area (Å²) in [6.45, 7) is 5.32. The average molecular weight is 193 g/mol. The van der Waals surface area contributed by atoms with Crippen molar-refractivity contribution in [2.45, 2.75) is 13.3 Å². The van der Waals surface area contributed by atoms with E-state index in [9.17, 15) is 4.79 Å². The minimum Gasteiger partial charge on any atom is -0.462 e. The van der Waals surface area contributed by atoms with Gasteiger partial charge in [-0.05, 0) is 6.92 Å². The molecule has 0 atom stereocenters. The molecule has 0 aromatic carbocycles. The average Bonchev–Trinajstić information content (AvgIpc) is 2.17. The molecule has 1 rings (SSSR count). The summed E-state index contributed by atoms with van der Waals surface area (Å²) >= 11 is 0. The summed E-state index contributed by atoms with van der Waals surface area (Å²) in [6.07, 6.45) is 3.05. The number of hydrogen-bond acceptors (Lipinski definition) is 5. The van der Waals surface area contributed by atoms with Crippen LogP contribution in [0.3, 0.4) is 0 Å². The van der Waals surface area contributed by atoms with E-state index in [1.54, 1.807) is 6.92 Å². The van der Waals surface area contributed by atoms with E-state index in [2.05, 4.69) is 21.5 Å². The van der Waals surface area contributed by atoms with Crippen molar-refractivity contribution in [2.24, 2.45) is 0 Å². The number of aryl methyl sites for hydroxylation is 1. The monoisotopic (exact) mass is 193 g/mol. The van der Waals surface area contributed by atoms with E-state index in [1.807, 2.05) is 0 Å². The smallest absolute Gasteiger partial charge is 0.330 e. The van der Waals surface area contributed by atoms with Gasteiger partial charge < -0.3 is 4.74 Å². The first-order valence-electron chi connectivity index (χ1n) is 4.16. The standard InChI is InChI=1S/C9H11N3O2/c1-3-9(13)14-5-4-8-11-6-10-7(2)12-8/h3,6H,1,4-5H2,2H3. The highest BCUT2D eigenvalue weighted by molar-refractivity contribution is 5.81. The molecule has 14 heavy (non-hydrogen) atoms. The van der Waals surface area contributed by atoms with Crippen LogP contribution in [-0.4, -0.2) is 27.5 Å². The maximum atomic E-state index is 10.7.